The monoisotopic (exact) mass is 315 g/mol. The molecule has 0 saturated carbocycles. The second kappa shape index (κ2) is 5.03. The molecule has 0 bridgehead atoms. The largest absolute Gasteiger partial charge is 0.396 e. The third-order valence-corrected chi connectivity index (χ3v) is 3.48. The molecule has 0 aliphatic carbocycles. The third kappa shape index (κ3) is 2.76. The fraction of sp³-hybridized carbons (Fsp3) is 0.583. The molecule has 18 heavy (non-hydrogen) atoms. The highest BCUT2D eigenvalue weighted by molar-refractivity contribution is 9.10. The summed E-state index contributed by atoms with van der Waals surface area (Å²) in [7, 11) is 0. The topological polar surface area (TPSA) is 71.6 Å². The van der Waals surface area contributed by atoms with Gasteiger partial charge in [-0.2, -0.15) is 0 Å². The van der Waals surface area contributed by atoms with E-state index in [1.54, 1.807) is 12.4 Å². The van der Waals surface area contributed by atoms with E-state index in [0.29, 0.717) is 12.2 Å². The van der Waals surface area contributed by atoms with Crippen LogP contribution in [0.5, 0.6) is 0 Å². The summed E-state index contributed by atoms with van der Waals surface area (Å²) in [6.45, 7) is 5.35. The Labute approximate surface area is 115 Å². The van der Waals surface area contributed by atoms with Crippen molar-refractivity contribution >= 4 is 27.3 Å². The Morgan fingerprint density at radius 1 is 1.61 bits per heavy atom. The number of aliphatic hydroxyl groups is 1. The maximum Gasteiger partial charge on any atom is 0.0988 e. The Morgan fingerprint density at radius 3 is 2.94 bits per heavy atom. The molecule has 2 rings (SSSR count). The Kier molecular flexibility index (Phi) is 3.79. The average molecular weight is 316 g/mol. The van der Waals surface area contributed by atoms with Gasteiger partial charge in [-0.25, -0.2) is 0 Å². The number of morpholine rings is 1. The van der Waals surface area contributed by atoms with Gasteiger partial charge in [0.25, 0.3) is 0 Å². The highest BCUT2D eigenvalue weighted by atomic mass is 79.9. The maximum atomic E-state index is 9.32. The molecule has 100 valence electrons. The third-order valence-electron chi connectivity index (χ3n) is 2.90. The van der Waals surface area contributed by atoms with Crippen LogP contribution in [-0.4, -0.2) is 41.5 Å². The molecule has 1 aromatic heterocycles. The van der Waals surface area contributed by atoms with Crippen molar-refractivity contribution in [3.63, 3.8) is 0 Å². The summed E-state index contributed by atoms with van der Waals surface area (Å²) in [5, 5.41) is 9.32. The second-order valence-electron chi connectivity index (χ2n) is 5.12. The number of nitrogen functional groups attached to an aromatic ring is 1. The number of pyridine rings is 1. The van der Waals surface area contributed by atoms with Crippen LogP contribution >= 0.6 is 15.9 Å². The summed E-state index contributed by atoms with van der Waals surface area (Å²) in [5.74, 6) is 0. The molecular weight excluding hydrogens is 298 g/mol. The SMILES string of the molecule is CC1(C)CN(c2c(N)cncc2Br)CC(CO)O1. The number of halogens is 1. The van der Waals surface area contributed by atoms with Gasteiger partial charge >= 0.3 is 0 Å². The zero-order valence-corrected chi connectivity index (χ0v) is 12.1. The van der Waals surface area contributed by atoms with Gasteiger partial charge in [-0.3, -0.25) is 4.98 Å². The molecule has 0 amide bonds. The predicted molar refractivity (Wildman–Crippen MR) is 74.6 cm³/mol. The van der Waals surface area contributed by atoms with Gasteiger partial charge in [0.05, 0.1) is 40.4 Å². The number of nitrogens with two attached hydrogens (primary N) is 1. The first-order chi connectivity index (χ1) is 8.43. The molecular formula is C12H18BrN3O2. The fourth-order valence-corrected chi connectivity index (χ4v) is 2.94. The van der Waals surface area contributed by atoms with Gasteiger partial charge in [0, 0.05) is 19.3 Å². The van der Waals surface area contributed by atoms with E-state index in [9.17, 15) is 5.11 Å². The van der Waals surface area contributed by atoms with Crippen molar-refractivity contribution in [2.45, 2.75) is 25.6 Å². The van der Waals surface area contributed by atoms with Gasteiger partial charge in [0.15, 0.2) is 0 Å². The molecule has 1 aromatic rings. The van der Waals surface area contributed by atoms with Crippen LogP contribution in [0.25, 0.3) is 0 Å². The van der Waals surface area contributed by atoms with E-state index in [1.807, 2.05) is 13.8 Å². The van der Waals surface area contributed by atoms with E-state index in [1.165, 1.54) is 0 Å². The summed E-state index contributed by atoms with van der Waals surface area (Å²) in [6.07, 6.45) is 3.16. The van der Waals surface area contributed by atoms with Crippen LogP contribution in [0.1, 0.15) is 13.8 Å². The van der Waals surface area contributed by atoms with Crippen LogP contribution in [0.4, 0.5) is 11.4 Å². The van der Waals surface area contributed by atoms with Crippen molar-refractivity contribution in [1.29, 1.82) is 0 Å². The lowest BCUT2D eigenvalue weighted by Gasteiger charge is -2.43. The predicted octanol–water partition coefficient (Wildman–Crippen LogP) is 1.40. The molecule has 0 radical (unpaired) electrons. The minimum absolute atomic E-state index is 0.00252. The molecule has 1 aliphatic heterocycles. The number of aromatic nitrogens is 1. The Balaban J connectivity index is 2.32. The minimum Gasteiger partial charge on any atom is -0.396 e. The summed E-state index contributed by atoms with van der Waals surface area (Å²) in [5.41, 5.74) is 7.21. The minimum atomic E-state index is -0.319. The van der Waals surface area contributed by atoms with E-state index in [0.717, 1.165) is 16.7 Å². The van der Waals surface area contributed by atoms with Gasteiger partial charge in [-0.1, -0.05) is 0 Å². The molecule has 5 nitrogen and oxygen atoms in total. The van der Waals surface area contributed by atoms with Crippen molar-refractivity contribution in [1.82, 2.24) is 4.98 Å². The van der Waals surface area contributed by atoms with Crippen LogP contribution in [0.3, 0.4) is 0 Å². The molecule has 1 fully saturated rings. The van der Waals surface area contributed by atoms with E-state index in [2.05, 4.69) is 25.8 Å². The summed E-state index contributed by atoms with van der Waals surface area (Å²) < 4.78 is 6.65. The summed E-state index contributed by atoms with van der Waals surface area (Å²) in [6, 6.07) is 0. The fourth-order valence-electron chi connectivity index (χ4n) is 2.34. The highest BCUT2D eigenvalue weighted by Gasteiger charge is 2.34. The van der Waals surface area contributed by atoms with E-state index >= 15 is 0 Å². The average Bonchev–Trinajstić information content (AvgIpc) is 2.26. The lowest BCUT2D eigenvalue weighted by molar-refractivity contribution is -0.101. The molecule has 3 N–H and O–H groups in total. The van der Waals surface area contributed by atoms with Crippen LogP contribution < -0.4 is 10.6 Å². The summed E-state index contributed by atoms with van der Waals surface area (Å²) in [4.78, 5) is 6.17. The van der Waals surface area contributed by atoms with Crippen molar-refractivity contribution < 1.29 is 9.84 Å². The van der Waals surface area contributed by atoms with Gasteiger partial charge in [0.2, 0.25) is 0 Å². The zero-order valence-electron chi connectivity index (χ0n) is 10.6. The van der Waals surface area contributed by atoms with Gasteiger partial charge in [-0.15, -0.1) is 0 Å². The molecule has 1 unspecified atom stereocenters. The Hall–Kier alpha value is -0.850. The number of nitrogens with zero attached hydrogens (tertiary/aromatic N) is 2. The zero-order chi connectivity index (χ0) is 13.3. The number of anilines is 2. The molecule has 1 atom stereocenters. The number of rotatable bonds is 2. The number of ether oxygens (including phenoxy) is 1. The van der Waals surface area contributed by atoms with Gasteiger partial charge in [0.1, 0.15) is 0 Å². The van der Waals surface area contributed by atoms with Crippen LogP contribution in [0, 0.1) is 0 Å². The Morgan fingerprint density at radius 2 is 2.33 bits per heavy atom. The van der Waals surface area contributed by atoms with Crippen LogP contribution in [-0.2, 0) is 4.74 Å². The van der Waals surface area contributed by atoms with Crippen molar-refractivity contribution in [2.24, 2.45) is 0 Å². The smallest absolute Gasteiger partial charge is 0.0988 e. The van der Waals surface area contributed by atoms with E-state index < -0.39 is 0 Å². The standard InChI is InChI=1S/C12H18BrN3O2/c1-12(2)7-16(5-8(6-17)18-12)11-9(13)3-15-4-10(11)14/h3-4,8,17H,5-7,14H2,1-2H3. The normalized spacial score (nSPS) is 23.1. The van der Waals surface area contributed by atoms with E-state index in [-0.39, 0.29) is 18.3 Å². The number of aliphatic hydroxyl groups excluding tert-OH is 1. The number of hydrogen-bond acceptors (Lipinski definition) is 5. The molecule has 1 saturated heterocycles. The first kappa shape index (κ1) is 13.6. The molecule has 1 aliphatic rings. The Bertz CT molecular complexity index is 419. The van der Waals surface area contributed by atoms with Gasteiger partial charge in [-0.05, 0) is 29.8 Å². The summed E-state index contributed by atoms with van der Waals surface area (Å²) >= 11 is 3.47. The lowest BCUT2D eigenvalue weighted by atomic mass is 10.0. The van der Waals surface area contributed by atoms with Crippen molar-refractivity contribution in [2.75, 3.05) is 30.3 Å². The quantitative estimate of drug-likeness (QED) is 0.863. The van der Waals surface area contributed by atoms with Crippen molar-refractivity contribution in [3.05, 3.63) is 16.9 Å². The van der Waals surface area contributed by atoms with Gasteiger partial charge < -0.3 is 20.5 Å². The second-order valence-corrected chi connectivity index (χ2v) is 5.98. The molecule has 0 aromatic carbocycles. The maximum absolute atomic E-state index is 9.32. The van der Waals surface area contributed by atoms with E-state index in [4.69, 9.17) is 10.5 Å². The molecule has 2 heterocycles. The first-order valence-electron chi connectivity index (χ1n) is 5.85. The van der Waals surface area contributed by atoms with Crippen LogP contribution in [0.15, 0.2) is 16.9 Å². The molecule has 0 spiro atoms. The lowest BCUT2D eigenvalue weighted by Crippen LogP contribution is -2.54. The molecule has 6 heteroatoms. The van der Waals surface area contributed by atoms with Crippen molar-refractivity contribution in [3.8, 4) is 0 Å². The van der Waals surface area contributed by atoms with Crippen LogP contribution in [0.2, 0.25) is 0 Å². The first-order valence-corrected chi connectivity index (χ1v) is 6.65. The highest BCUT2D eigenvalue weighted by Crippen LogP contribution is 2.35. The number of hydrogen-bond donors (Lipinski definition) is 2.